The molecule has 11 heteroatoms. The van der Waals surface area contributed by atoms with Crippen LogP contribution >= 0.6 is 15.9 Å². The van der Waals surface area contributed by atoms with Crippen LogP contribution in [0.2, 0.25) is 0 Å². The molecule has 0 spiro atoms. The molecule has 1 saturated heterocycles. The lowest BCUT2D eigenvalue weighted by atomic mass is 10.1. The molecule has 1 atom stereocenters. The van der Waals surface area contributed by atoms with E-state index in [1.807, 2.05) is 0 Å². The summed E-state index contributed by atoms with van der Waals surface area (Å²) in [5.41, 5.74) is -0.443. The highest BCUT2D eigenvalue weighted by Crippen LogP contribution is 2.27. The molecule has 1 aliphatic heterocycles. The van der Waals surface area contributed by atoms with Crippen molar-refractivity contribution in [1.82, 2.24) is 9.97 Å². The molecule has 0 saturated carbocycles. The molecule has 1 fully saturated rings. The van der Waals surface area contributed by atoms with Crippen LogP contribution in [0.15, 0.2) is 10.8 Å². The number of carbonyl (C=O) groups is 2. The third-order valence-corrected chi connectivity index (χ3v) is 4.07. The Morgan fingerprint density at radius 1 is 1.57 bits per heavy atom. The first-order valence-corrected chi connectivity index (χ1v) is 8.00. The number of carbonyl (C=O) groups excluding carboxylic acids is 1. The molecule has 0 aliphatic carbocycles. The molecule has 2 rings (SSSR count). The van der Waals surface area contributed by atoms with Gasteiger partial charge in [-0.25, -0.2) is 14.8 Å². The Bertz CT molecular complexity index is 711. The molecule has 2 heterocycles. The number of halogens is 2. The minimum atomic E-state index is -4.71. The summed E-state index contributed by atoms with van der Waals surface area (Å²) in [6, 6.07) is 0. The number of nitrogens with zero attached hydrogens (tertiary/aromatic N) is 3. The lowest BCUT2D eigenvalue weighted by molar-refractivity contribution is -0.117. The molecular formula is C10H9BrFN3O5S. The van der Waals surface area contributed by atoms with Crippen LogP contribution < -0.4 is 4.90 Å². The van der Waals surface area contributed by atoms with Crippen LogP contribution in [0.3, 0.4) is 0 Å². The second-order valence-electron chi connectivity index (χ2n) is 4.45. The van der Waals surface area contributed by atoms with E-state index >= 15 is 0 Å². The van der Waals surface area contributed by atoms with Gasteiger partial charge in [-0.1, -0.05) is 0 Å². The molecule has 1 N–H and O–H groups in total. The molecule has 1 aromatic rings. The Morgan fingerprint density at radius 3 is 2.81 bits per heavy atom. The number of amides is 1. The number of aromatic carboxylic acids is 1. The van der Waals surface area contributed by atoms with E-state index in [0.29, 0.717) is 0 Å². The summed E-state index contributed by atoms with van der Waals surface area (Å²) in [5, 5.41) is 9.07. The zero-order chi connectivity index (χ0) is 15.8. The monoisotopic (exact) mass is 381 g/mol. The molecule has 0 radical (unpaired) electrons. The molecular weight excluding hydrogens is 373 g/mol. The van der Waals surface area contributed by atoms with Gasteiger partial charge in [0.15, 0.2) is 11.5 Å². The van der Waals surface area contributed by atoms with Gasteiger partial charge in [-0.05, 0) is 15.9 Å². The first-order chi connectivity index (χ1) is 9.67. The Kier molecular flexibility index (Phi) is 4.23. The number of hydrogen-bond acceptors (Lipinski definition) is 6. The van der Waals surface area contributed by atoms with Gasteiger partial charge in [0, 0.05) is 18.9 Å². The molecule has 114 valence electrons. The number of aromatic nitrogens is 2. The Morgan fingerprint density at radius 2 is 2.24 bits per heavy atom. The van der Waals surface area contributed by atoms with Crippen LogP contribution in [0.25, 0.3) is 0 Å². The molecule has 1 aromatic heterocycles. The highest BCUT2D eigenvalue weighted by molar-refractivity contribution is 9.10. The third-order valence-electron chi connectivity index (χ3n) is 2.82. The van der Waals surface area contributed by atoms with E-state index in [0.717, 1.165) is 4.90 Å². The standard InChI is InChI=1S/C10H9BrFN3O5S/c11-6-2-13-9(8(14-6)10(17)18)15-3-5(1-7(15)16)4-21(12,19)20/h2,5H,1,3-4H2,(H,17,18). The zero-order valence-corrected chi connectivity index (χ0v) is 12.8. The Hall–Kier alpha value is -1.62. The first kappa shape index (κ1) is 15.8. The number of carboxylic acid groups (broad SMARTS) is 1. The van der Waals surface area contributed by atoms with E-state index < -0.39 is 39.5 Å². The Balaban J connectivity index is 2.31. The van der Waals surface area contributed by atoms with Gasteiger partial charge in [0.05, 0.1) is 11.9 Å². The maximum absolute atomic E-state index is 12.7. The summed E-state index contributed by atoms with van der Waals surface area (Å²) < 4.78 is 34.1. The van der Waals surface area contributed by atoms with Crippen molar-refractivity contribution in [1.29, 1.82) is 0 Å². The number of anilines is 1. The van der Waals surface area contributed by atoms with Crippen molar-refractivity contribution in [3.63, 3.8) is 0 Å². The van der Waals surface area contributed by atoms with E-state index in [4.69, 9.17) is 5.11 Å². The molecule has 0 bridgehead atoms. The summed E-state index contributed by atoms with van der Waals surface area (Å²) in [6.45, 7) is -0.126. The predicted octanol–water partition coefficient (Wildman–Crippen LogP) is 0.589. The van der Waals surface area contributed by atoms with Crippen LogP contribution in [0.5, 0.6) is 0 Å². The average molecular weight is 382 g/mol. The van der Waals surface area contributed by atoms with E-state index in [1.165, 1.54) is 6.20 Å². The van der Waals surface area contributed by atoms with Gasteiger partial charge in [0.2, 0.25) is 5.91 Å². The highest BCUT2D eigenvalue weighted by Gasteiger charge is 2.36. The fourth-order valence-electron chi connectivity index (χ4n) is 2.08. The van der Waals surface area contributed by atoms with Crippen molar-refractivity contribution in [3.05, 3.63) is 16.5 Å². The van der Waals surface area contributed by atoms with E-state index in [9.17, 15) is 21.9 Å². The maximum Gasteiger partial charge on any atom is 0.358 e. The number of carboxylic acids is 1. The van der Waals surface area contributed by atoms with Gasteiger partial charge in [0.1, 0.15) is 4.60 Å². The normalized spacial score (nSPS) is 19.0. The summed E-state index contributed by atoms with van der Waals surface area (Å²) in [4.78, 5) is 31.6. The van der Waals surface area contributed by atoms with Crippen LogP contribution in [-0.2, 0) is 15.0 Å². The van der Waals surface area contributed by atoms with Crippen LogP contribution in [0.1, 0.15) is 16.9 Å². The topological polar surface area (TPSA) is 118 Å². The van der Waals surface area contributed by atoms with E-state index in [-0.39, 0.29) is 23.4 Å². The zero-order valence-electron chi connectivity index (χ0n) is 10.4. The van der Waals surface area contributed by atoms with Gasteiger partial charge in [-0.3, -0.25) is 9.69 Å². The third kappa shape index (κ3) is 3.73. The summed E-state index contributed by atoms with van der Waals surface area (Å²) in [6.07, 6.45) is 1.02. The molecule has 1 aliphatic rings. The van der Waals surface area contributed by atoms with Crippen LogP contribution in [0.4, 0.5) is 9.70 Å². The number of rotatable bonds is 4. The maximum atomic E-state index is 12.7. The van der Waals surface area contributed by atoms with Crippen molar-refractivity contribution in [2.24, 2.45) is 5.92 Å². The van der Waals surface area contributed by atoms with Gasteiger partial charge in [0.25, 0.3) is 0 Å². The lowest BCUT2D eigenvalue weighted by Crippen LogP contribution is -2.28. The van der Waals surface area contributed by atoms with Crippen molar-refractivity contribution in [3.8, 4) is 0 Å². The lowest BCUT2D eigenvalue weighted by Gasteiger charge is -2.16. The van der Waals surface area contributed by atoms with E-state index in [2.05, 4.69) is 25.9 Å². The fraction of sp³-hybridized carbons (Fsp3) is 0.400. The largest absolute Gasteiger partial charge is 0.476 e. The quantitative estimate of drug-likeness (QED) is 0.758. The molecule has 21 heavy (non-hydrogen) atoms. The smallest absolute Gasteiger partial charge is 0.358 e. The molecule has 0 aromatic carbocycles. The second-order valence-corrected chi connectivity index (χ2v) is 6.67. The summed E-state index contributed by atoms with van der Waals surface area (Å²) in [7, 11) is -4.71. The van der Waals surface area contributed by atoms with Gasteiger partial charge in [-0.2, -0.15) is 8.42 Å². The van der Waals surface area contributed by atoms with E-state index in [1.54, 1.807) is 0 Å². The van der Waals surface area contributed by atoms with Crippen molar-refractivity contribution in [2.75, 3.05) is 17.2 Å². The predicted molar refractivity (Wildman–Crippen MR) is 72.0 cm³/mol. The van der Waals surface area contributed by atoms with Crippen molar-refractivity contribution in [2.45, 2.75) is 6.42 Å². The van der Waals surface area contributed by atoms with Gasteiger partial charge >= 0.3 is 16.2 Å². The van der Waals surface area contributed by atoms with Gasteiger partial charge < -0.3 is 5.11 Å². The summed E-state index contributed by atoms with van der Waals surface area (Å²) in [5.74, 6) is -3.63. The SMILES string of the molecule is O=C(O)c1nc(Br)cnc1N1CC(CS(=O)(=O)F)CC1=O. The van der Waals surface area contributed by atoms with Crippen LogP contribution in [-0.4, -0.2) is 47.7 Å². The molecule has 8 nitrogen and oxygen atoms in total. The minimum Gasteiger partial charge on any atom is -0.476 e. The Labute approximate surface area is 127 Å². The molecule has 1 unspecified atom stereocenters. The number of hydrogen-bond donors (Lipinski definition) is 1. The van der Waals surface area contributed by atoms with Crippen LogP contribution in [0, 0.1) is 5.92 Å². The van der Waals surface area contributed by atoms with Gasteiger partial charge in [-0.15, -0.1) is 3.89 Å². The average Bonchev–Trinajstić information content (AvgIpc) is 2.67. The van der Waals surface area contributed by atoms with Crippen molar-refractivity contribution < 1.29 is 27.0 Å². The first-order valence-electron chi connectivity index (χ1n) is 5.66. The van der Waals surface area contributed by atoms with Crippen molar-refractivity contribution >= 4 is 43.8 Å². The fourth-order valence-corrected chi connectivity index (χ4v) is 3.15. The summed E-state index contributed by atoms with van der Waals surface area (Å²) >= 11 is 2.97. The molecule has 1 amide bonds. The highest BCUT2D eigenvalue weighted by atomic mass is 79.9. The second kappa shape index (κ2) is 5.64. The minimum absolute atomic E-state index is 0.126.